The Bertz CT molecular complexity index is 1120. The van der Waals surface area contributed by atoms with Crippen LogP contribution in [-0.4, -0.2) is 57.1 Å². The molecule has 2 aromatic carbocycles. The second-order valence-corrected chi connectivity index (χ2v) is 7.12. The molecule has 1 fully saturated rings. The fourth-order valence-electron chi connectivity index (χ4n) is 3.76. The molecule has 0 aliphatic carbocycles. The van der Waals surface area contributed by atoms with Crippen LogP contribution >= 0.6 is 0 Å². The Kier molecular flexibility index (Phi) is 4.37. The van der Waals surface area contributed by atoms with Crippen LogP contribution < -0.4 is 4.90 Å². The van der Waals surface area contributed by atoms with Crippen LogP contribution in [0.2, 0.25) is 0 Å². The Morgan fingerprint density at radius 2 is 1.68 bits per heavy atom. The Balaban J connectivity index is 1.20. The fourth-order valence-corrected chi connectivity index (χ4v) is 3.76. The summed E-state index contributed by atoms with van der Waals surface area (Å²) in [5.41, 5.74) is 3.55. The van der Waals surface area contributed by atoms with Gasteiger partial charge in [0.15, 0.2) is 0 Å². The van der Waals surface area contributed by atoms with Gasteiger partial charge in [0.05, 0.1) is 34.6 Å². The number of hydrogen-bond donors (Lipinski definition) is 0. The summed E-state index contributed by atoms with van der Waals surface area (Å²) in [5.74, 6) is 0.701. The first kappa shape index (κ1) is 17.1. The average Bonchev–Trinajstić information content (AvgIpc) is 3.14. The Morgan fingerprint density at radius 3 is 2.54 bits per heavy atom. The summed E-state index contributed by atoms with van der Waals surface area (Å²) in [6.45, 7) is 5.62. The molecule has 2 aromatic heterocycles. The van der Waals surface area contributed by atoms with Crippen LogP contribution in [0.4, 0.5) is 10.2 Å². The normalized spacial score (nSPS) is 15.5. The van der Waals surface area contributed by atoms with Crippen LogP contribution in [0.1, 0.15) is 0 Å². The average molecular weight is 376 g/mol. The molecule has 0 radical (unpaired) electrons. The lowest BCUT2D eigenvalue weighted by Crippen LogP contribution is -2.47. The van der Waals surface area contributed by atoms with Gasteiger partial charge in [0.2, 0.25) is 0 Å². The van der Waals surface area contributed by atoms with Gasteiger partial charge in [0.25, 0.3) is 0 Å². The molecular formula is C21H21FN6. The van der Waals surface area contributed by atoms with E-state index >= 15 is 0 Å². The molecule has 1 aliphatic heterocycles. The van der Waals surface area contributed by atoms with Crippen LogP contribution in [0.15, 0.2) is 55.0 Å². The van der Waals surface area contributed by atoms with Crippen molar-refractivity contribution in [3.05, 3.63) is 60.8 Å². The number of nitrogens with zero attached hydrogens (tertiary/aromatic N) is 6. The maximum atomic E-state index is 13.3. The molecule has 1 aliphatic rings. The van der Waals surface area contributed by atoms with E-state index in [-0.39, 0.29) is 5.82 Å². The van der Waals surface area contributed by atoms with E-state index in [1.54, 1.807) is 12.4 Å². The quantitative estimate of drug-likeness (QED) is 0.548. The minimum atomic E-state index is -0.245. The van der Waals surface area contributed by atoms with Gasteiger partial charge in [0.1, 0.15) is 11.6 Å². The van der Waals surface area contributed by atoms with E-state index in [0.717, 1.165) is 61.6 Å². The number of anilines is 1. The number of rotatable bonds is 4. The van der Waals surface area contributed by atoms with Crippen molar-refractivity contribution in [3.63, 3.8) is 0 Å². The second-order valence-electron chi connectivity index (χ2n) is 7.12. The van der Waals surface area contributed by atoms with E-state index in [4.69, 9.17) is 4.98 Å². The van der Waals surface area contributed by atoms with Crippen molar-refractivity contribution in [2.45, 2.75) is 6.54 Å². The minimum Gasteiger partial charge on any atom is -0.353 e. The third-order valence-electron chi connectivity index (χ3n) is 5.37. The van der Waals surface area contributed by atoms with Gasteiger partial charge in [-0.25, -0.2) is 14.4 Å². The molecular weight excluding hydrogens is 355 g/mol. The van der Waals surface area contributed by atoms with Crippen molar-refractivity contribution in [1.82, 2.24) is 24.4 Å². The van der Waals surface area contributed by atoms with Crippen LogP contribution in [-0.2, 0) is 6.54 Å². The van der Waals surface area contributed by atoms with Gasteiger partial charge in [-0.15, -0.1) is 0 Å². The largest absolute Gasteiger partial charge is 0.353 e. The predicted molar refractivity (Wildman–Crippen MR) is 108 cm³/mol. The van der Waals surface area contributed by atoms with Crippen molar-refractivity contribution < 1.29 is 4.39 Å². The zero-order valence-electron chi connectivity index (χ0n) is 15.5. The molecule has 28 heavy (non-hydrogen) atoms. The summed E-state index contributed by atoms with van der Waals surface area (Å²) >= 11 is 0. The number of fused-ring (bicyclic) bond motifs is 2. The SMILES string of the molecule is Fc1ccc2c(c1)ncn2CCN1CCN(c2cnc3ccccc3n2)CC1. The molecule has 1 saturated heterocycles. The van der Waals surface area contributed by atoms with Gasteiger partial charge < -0.3 is 9.47 Å². The summed E-state index contributed by atoms with van der Waals surface area (Å²) in [4.78, 5) is 18.3. The van der Waals surface area contributed by atoms with E-state index in [2.05, 4.69) is 24.3 Å². The highest BCUT2D eigenvalue weighted by Gasteiger charge is 2.18. The molecule has 0 saturated carbocycles. The fraction of sp³-hybridized carbons (Fsp3) is 0.286. The third kappa shape index (κ3) is 3.29. The van der Waals surface area contributed by atoms with Gasteiger partial charge in [-0.3, -0.25) is 9.88 Å². The number of piperazine rings is 1. The van der Waals surface area contributed by atoms with E-state index < -0.39 is 0 Å². The standard InChI is InChI=1S/C21H21FN6/c22-16-5-6-20-19(13-16)24-15-28(20)12-9-26-7-10-27(11-8-26)21-14-23-17-3-1-2-4-18(17)25-21/h1-6,13-15H,7-12H2. The minimum absolute atomic E-state index is 0.245. The summed E-state index contributed by atoms with van der Waals surface area (Å²) < 4.78 is 15.4. The monoisotopic (exact) mass is 376 g/mol. The maximum absolute atomic E-state index is 13.3. The molecule has 3 heterocycles. The van der Waals surface area contributed by atoms with Crippen molar-refractivity contribution >= 4 is 27.9 Å². The number of halogens is 1. The molecule has 0 amide bonds. The molecule has 142 valence electrons. The summed E-state index contributed by atoms with van der Waals surface area (Å²) in [6, 6.07) is 12.7. The lowest BCUT2D eigenvalue weighted by molar-refractivity contribution is 0.248. The van der Waals surface area contributed by atoms with Crippen LogP contribution in [0.25, 0.3) is 22.1 Å². The first-order chi connectivity index (χ1) is 13.8. The third-order valence-corrected chi connectivity index (χ3v) is 5.37. The second kappa shape index (κ2) is 7.16. The molecule has 0 bridgehead atoms. The maximum Gasteiger partial charge on any atom is 0.147 e. The first-order valence-corrected chi connectivity index (χ1v) is 9.56. The van der Waals surface area contributed by atoms with Crippen molar-refractivity contribution in [3.8, 4) is 0 Å². The van der Waals surface area contributed by atoms with E-state index in [1.807, 2.05) is 30.5 Å². The lowest BCUT2D eigenvalue weighted by atomic mass is 10.3. The molecule has 4 aromatic rings. The molecule has 0 spiro atoms. The molecule has 0 unspecified atom stereocenters. The first-order valence-electron chi connectivity index (χ1n) is 9.56. The number of hydrogen-bond acceptors (Lipinski definition) is 5. The zero-order valence-corrected chi connectivity index (χ0v) is 15.5. The summed E-state index contributed by atoms with van der Waals surface area (Å²) in [6.07, 6.45) is 3.67. The number of aromatic nitrogens is 4. The topological polar surface area (TPSA) is 50.1 Å². The van der Waals surface area contributed by atoms with Gasteiger partial charge >= 0.3 is 0 Å². The number of imidazole rings is 1. The molecule has 7 heteroatoms. The van der Waals surface area contributed by atoms with E-state index in [1.165, 1.54) is 12.1 Å². The van der Waals surface area contributed by atoms with Crippen LogP contribution in [0, 0.1) is 5.82 Å². The molecule has 0 N–H and O–H groups in total. The van der Waals surface area contributed by atoms with Crippen molar-refractivity contribution in [2.75, 3.05) is 37.6 Å². The Labute approximate surface area is 162 Å². The highest BCUT2D eigenvalue weighted by atomic mass is 19.1. The highest BCUT2D eigenvalue weighted by Crippen LogP contribution is 2.18. The summed E-state index contributed by atoms with van der Waals surface area (Å²) in [7, 11) is 0. The van der Waals surface area contributed by atoms with Crippen molar-refractivity contribution in [2.24, 2.45) is 0 Å². The van der Waals surface area contributed by atoms with Crippen LogP contribution in [0.3, 0.4) is 0 Å². The Hall–Kier alpha value is -3.06. The van der Waals surface area contributed by atoms with Gasteiger partial charge in [-0.05, 0) is 24.3 Å². The van der Waals surface area contributed by atoms with Crippen LogP contribution in [0.5, 0.6) is 0 Å². The molecule has 6 nitrogen and oxygen atoms in total. The zero-order chi connectivity index (χ0) is 18.9. The Morgan fingerprint density at radius 1 is 0.857 bits per heavy atom. The van der Waals surface area contributed by atoms with Gasteiger partial charge in [-0.2, -0.15) is 0 Å². The summed E-state index contributed by atoms with van der Waals surface area (Å²) in [5, 5.41) is 0. The number of benzene rings is 2. The van der Waals surface area contributed by atoms with Gasteiger partial charge in [-0.1, -0.05) is 12.1 Å². The highest BCUT2D eigenvalue weighted by molar-refractivity contribution is 5.76. The van der Waals surface area contributed by atoms with Crippen molar-refractivity contribution in [1.29, 1.82) is 0 Å². The predicted octanol–water partition coefficient (Wildman–Crippen LogP) is 2.94. The molecule has 5 rings (SSSR count). The molecule has 0 atom stereocenters. The number of para-hydroxylation sites is 2. The lowest BCUT2D eigenvalue weighted by Gasteiger charge is -2.35. The van der Waals surface area contributed by atoms with E-state index in [0.29, 0.717) is 5.52 Å². The smallest absolute Gasteiger partial charge is 0.147 e. The van der Waals surface area contributed by atoms with Gasteiger partial charge in [0, 0.05) is 45.3 Å². The van der Waals surface area contributed by atoms with E-state index in [9.17, 15) is 4.39 Å².